The standard InChI is InChI=1S/C7H16N2/c8-4-6-1-2-7(3-6)5-9/h6-7H,1-5,8-9H2/t6-,7+. The molecular formula is C7H16N2. The zero-order chi connectivity index (χ0) is 6.69. The zero-order valence-corrected chi connectivity index (χ0v) is 5.84. The highest BCUT2D eigenvalue weighted by atomic mass is 14.6. The lowest BCUT2D eigenvalue weighted by atomic mass is 10.1. The van der Waals surface area contributed by atoms with E-state index in [1.54, 1.807) is 0 Å². The van der Waals surface area contributed by atoms with Gasteiger partial charge >= 0.3 is 0 Å². The van der Waals surface area contributed by atoms with E-state index in [1.165, 1.54) is 19.3 Å². The summed E-state index contributed by atoms with van der Waals surface area (Å²) < 4.78 is 0. The predicted octanol–water partition coefficient (Wildman–Crippen LogP) is 0.320. The molecule has 1 fully saturated rings. The van der Waals surface area contributed by atoms with Gasteiger partial charge in [-0.3, -0.25) is 0 Å². The maximum atomic E-state index is 5.51. The minimum Gasteiger partial charge on any atom is -0.330 e. The number of nitrogens with two attached hydrogens (primary N) is 2. The Kier molecular flexibility index (Phi) is 2.49. The van der Waals surface area contributed by atoms with Crippen LogP contribution in [0.25, 0.3) is 0 Å². The number of rotatable bonds is 2. The van der Waals surface area contributed by atoms with Crippen LogP contribution in [-0.4, -0.2) is 13.1 Å². The Morgan fingerprint density at radius 3 is 1.67 bits per heavy atom. The van der Waals surface area contributed by atoms with E-state index in [0.717, 1.165) is 24.9 Å². The lowest BCUT2D eigenvalue weighted by Crippen LogP contribution is -2.14. The maximum Gasteiger partial charge on any atom is -0.00488 e. The van der Waals surface area contributed by atoms with Gasteiger partial charge in [0.25, 0.3) is 0 Å². The molecule has 0 aromatic rings. The quantitative estimate of drug-likeness (QED) is 0.562. The molecule has 4 N–H and O–H groups in total. The van der Waals surface area contributed by atoms with Crippen LogP contribution in [0.15, 0.2) is 0 Å². The lowest BCUT2D eigenvalue weighted by Gasteiger charge is -2.05. The molecule has 1 aliphatic carbocycles. The van der Waals surface area contributed by atoms with E-state index in [0.29, 0.717) is 0 Å². The third-order valence-electron chi connectivity index (χ3n) is 2.32. The van der Waals surface area contributed by atoms with Crippen molar-refractivity contribution in [2.75, 3.05) is 13.1 Å². The van der Waals surface area contributed by atoms with Crippen molar-refractivity contribution in [1.82, 2.24) is 0 Å². The zero-order valence-electron chi connectivity index (χ0n) is 5.84. The van der Waals surface area contributed by atoms with Gasteiger partial charge in [-0.1, -0.05) is 0 Å². The van der Waals surface area contributed by atoms with Gasteiger partial charge in [0.15, 0.2) is 0 Å². The molecule has 54 valence electrons. The third kappa shape index (κ3) is 1.66. The van der Waals surface area contributed by atoms with Crippen molar-refractivity contribution < 1.29 is 0 Å². The van der Waals surface area contributed by atoms with Crippen molar-refractivity contribution >= 4 is 0 Å². The van der Waals surface area contributed by atoms with Crippen LogP contribution in [0.3, 0.4) is 0 Å². The van der Waals surface area contributed by atoms with Crippen molar-refractivity contribution in [3.63, 3.8) is 0 Å². The monoisotopic (exact) mass is 128 g/mol. The molecule has 0 heterocycles. The van der Waals surface area contributed by atoms with E-state index in [2.05, 4.69) is 0 Å². The first-order valence-corrected chi connectivity index (χ1v) is 3.77. The molecule has 0 radical (unpaired) electrons. The summed E-state index contributed by atoms with van der Waals surface area (Å²) in [5.74, 6) is 1.55. The first-order chi connectivity index (χ1) is 4.36. The van der Waals surface area contributed by atoms with Crippen LogP contribution in [0.2, 0.25) is 0 Å². The molecule has 0 amide bonds. The van der Waals surface area contributed by atoms with Gasteiger partial charge in [0.1, 0.15) is 0 Å². The molecule has 0 unspecified atom stereocenters. The summed E-state index contributed by atoms with van der Waals surface area (Å²) in [6.45, 7) is 1.72. The van der Waals surface area contributed by atoms with Crippen LogP contribution < -0.4 is 11.5 Å². The topological polar surface area (TPSA) is 52.0 Å². The van der Waals surface area contributed by atoms with Crippen molar-refractivity contribution in [3.8, 4) is 0 Å². The minimum absolute atomic E-state index is 0.776. The molecule has 1 saturated carbocycles. The van der Waals surface area contributed by atoms with Gasteiger partial charge in [0.2, 0.25) is 0 Å². The Labute approximate surface area is 56.6 Å². The second kappa shape index (κ2) is 3.18. The highest BCUT2D eigenvalue weighted by molar-refractivity contribution is 4.76. The average Bonchev–Trinajstić information content (AvgIpc) is 2.34. The van der Waals surface area contributed by atoms with E-state index in [4.69, 9.17) is 11.5 Å². The fourth-order valence-electron chi connectivity index (χ4n) is 1.61. The average molecular weight is 128 g/mol. The smallest absolute Gasteiger partial charge is 0.00488 e. The number of hydrogen-bond donors (Lipinski definition) is 2. The Balaban J connectivity index is 2.20. The van der Waals surface area contributed by atoms with Crippen LogP contribution in [0.5, 0.6) is 0 Å². The molecule has 9 heavy (non-hydrogen) atoms. The minimum atomic E-state index is 0.776. The van der Waals surface area contributed by atoms with E-state index in [1.807, 2.05) is 0 Å². The molecule has 0 bridgehead atoms. The molecule has 0 aliphatic heterocycles. The van der Waals surface area contributed by atoms with Gasteiger partial charge in [0, 0.05) is 0 Å². The Bertz CT molecular complexity index is 73.0. The van der Waals surface area contributed by atoms with Crippen LogP contribution in [0.1, 0.15) is 19.3 Å². The van der Waals surface area contributed by atoms with Crippen LogP contribution in [-0.2, 0) is 0 Å². The van der Waals surface area contributed by atoms with Crippen molar-refractivity contribution in [2.24, 2.45) is 23.3 Å². The normalized spacial score (nSPS) is 35.3. The molecule has 2 nitrogen and oxygen atoms in total. The third-order valence-corrected chi connectivity index (χ3v) is 2.32. The highest BCUT2D eigenvalue weighted by Gasteiger charge is 2.21. The largest absolute Gasteiger partial charge is 0.330 e. The summed E-state index contributed by atoms with van der Waals surface area (Å²) >= 11 is 0. The first kappa shape index (κ1) is 7.03. The SMILES string of the molecule is NC[C@@H]1CC[C@H](CN)C1. The predicted molar refractivity (Wildman–Crippen MR) is 38.9 cm³/mol. The molecule has 0 saturated heterocycles. The fraction of sp³-hybridized carbons (Fsp3) is 1.00. The second-order valence-corrected chi connectivity index (χ2v) is 3.02. The van der Waals surface area contributed by atoms with Crippen LogP contribution in [0.4, 0.5) is 0 Å². The summed E-state index contributed by atoms with van der Waals surface area (Å²) in [6.07, 6.45) is 3.88. The van der Waals surface area contributed by atoms with E-state index < -0.39 is 0 Å². The first-order valence-electron chi connectivity index (χ1n) is 3.77. The van der Waals surface area contributed by atoms with Crippen molar-refractivity contribution in [3.05, 3.63) is 0 Å². The van der Waals surface area contributed by atoms with E-state index in [9.17, 15) is 0 Å². The number of hydrogen-bond acceptors (Lipinski definition) is 2. The molecule has 1 rings (SSSR count). The second-order valence-electron chi connectivity index (χ2n) is 3.02. The van der Waals surface area contributed by atoms with Gasteiger partial charge in [-0.05, 0) is 44.2 Å². The summed E-state index contributed by atoms with van der Waals surface area (Å²) in [5, 5.41) is 0. The fourth-order valence-corrected chi connectivity index (χ4v) is 1.61. The molecule has 2 atom stereocenters. The molecule has 0 aromatic heterocycles. The summed E-state index contributed by atoms with van der Waals surface area (Å²) in [4.78, 5) is 0. The summed E-state index contributed by atoms with van der Waals surface area (Å²) in [5.41, 5.74) is 11.0. The maximum absolute atomic E-state index is 5.51. The molecule has 2 heteroatoms. The summed E-state index contributed by atoms with van der Waals surface area (Å²) in [7, 11) is 0. The Hall–Kier alpha value is -0.0800. The van der Waals surface area contributed by atoms with Gasteiger partial charge in [-0.25, -0.2) is 0 Å². The molecular weight excluding hydrogens is 112 g/mol. The molecule has 0 spiro atoms. The van der Waals surface area contributed by atoms with Gasteiger partial charge < -0.3 is 11.5 Å². The van der Waals surface area contributed by atoms with Gasteiger partial charge in [0.05, 0.1) is 0 Å². The van der Waals surface area contributed by atoms with Crippen LogP contribution >= 0.6 is 0 Å². The Morgan fingerprint density at radius 1 is 1.00 bits per heavy atom. The van der Waals surface area contributed by atoms with E-state index >= 15 is 0 Å². The molecule has 1 aliphatic rings. The van der Waals surface area contributed by atoms with Gasteiger partial charge in [-0.2, -0.15) is 0 Å². The van der Waals surface area contributed by atoms with Crippen molar-refractivity contribution in [1.29, 1.82) is 0 Å². The van der Waals surface area contributed by atoms with Gasteiger partial charge in [-0.15, -0.1) is 0 Å². The highest BCUT2D eigenvalue weighted by Crippen LogP contribution is 2.28. The summed E-state index contributed by atoms with van der Waals surface area (Å²) in [6, 6.07) is 0. The molecule has 0 aromatic carbocycles. The van der Waals surface area contributed by atoms with Crippen molar-refractivity contribution in [2.45, 2.75) is 19.3 Å². The van der Waals surface area contributed by atoms with Crippen LogP contribution in [0, 0.1) is 11.8 Å². The van der Waals surface area contributed by atoms with E-state index in [-0.39, 0.29) is 0 Å². The Morgan fingerprint density at radius 2 is 1.44 bits per heavy atom. The lowest BCUT2D eigenvalue weighted by molar-refractivity contribution is 0.505.